The van der Waals surface area contributed by atoms with Crippen LogP contribution in [0.1, 0.15) is 19.0 Å². The number of hydrogen-bond acceptors (Lipinski definition) is 4. The largest absolute Gasteiger partial charge is 0.377 e. The highest BCUT2D eigenvalue weighted by atomic mass is 16.5. The lowest BCUT2D eigenvalue weighted by molar-refractivity contribution is 0.0927. The van der Waals surface area contributed by atoms with E-state index in [1.165, 1.54) is 10.8 Å². The SMILES string of the molecule is CCC1COCCN1c1nc(CN)cc2ccccc12. The van der Waals surface area contributed by atoms with Gasteiger partial charge in [0.1, 0.15) is 5.82 Å². The zero-order valence-corrected chi connectivity index (χ0v) is 11.9. The molecule has 0 spiro atoms. The molecule has 0 saturated carbocycles. The highest BCUT2D eigenvalue weighted by Crippen LogP contribution is 2.28. The van der Waals surface area contributed by atoms with Gasteiger partial charge in [-0.3, -0.25) is 0 Å². The van der Waals surface area contributed by atoms with Gasteiger partial charge in [-0.15, -0.1) is 0 Å². The predicted octanol–water partition coefficient (Wildman–Crippen LogP) is 2.31. The van der Waals surface area contributed by atoms with Crippen LogP contribution in [0, 0.1) is 0 Å². The van der Waals surface area contributed by atoms with Gasteiger partial charge in [0.25, 0.3) is 0 Å². The van der Waals surface area contributed by atoms with Crippen LogP contribution in [-0.4, -0.2) is 30.8 Å². The third-order valence-electron chi connectivity index (χ3n) is 3.95. The first kappa shape index (κ1) is 13.3. The molecule has 1 aliphatic heterocycles. The Labute approximate surface area is 119 Å². The lowest BCUT2D eigenvalue weighted by Gasteiger charge is -2.36. The molecule has 0 aliphatic carbocycles. The van der Waals surface area contributed by atoms with E-state index in [2.05, 4.69) is 42.2 Å². The van der Waals surface area contributed by atoms with Gasteiger partial charge in [0, 0.05) is 18.5 Å². The van der Waals surface area contributed by atoms with Crippen molar-refractivity contribution in [1.29, 1.82) is 0 Å². The van der Waals surface area contributed by atoms with E-state index in [1.54, 1.807) is 0 Å². The molecule has 1 unspecified atom stereocenters. The standard InChI is InChI=1S/C16H21N3O/c1-2-14-11-20-8-7-19(14)16-15-6-4-3-5-12(15)9-13(10-17)18-16/h3-6,9,14H,2,7-8,10-11,17H2,1H3. The van der Waals surface area contributed by atoms with Crippen LogP contribution in [0.4, 0.5) is 5.82 Å². The summed E-state index contributed by atoms with van der Waals surface area (Å²) in [6.45, 7) is 5.10. The Hall–Kier alpha value is -1.65. The maximum Gasteiger partial charge on any atom is 0.137 e. The summed E-state index contributed by atoms with van der Waals surface area (Å²) in [5.74, 6) is 1.05. The van der Waals surface area contributed by atoms with Crippen LogP contribution in [0.3, 0.4) is 0 Å². The summed E-state index contributed by atoms with van der Waals surface area (Å²) < 4.78 is 5.60. The van der Waals surface area contributed by atoms with Gasteiger partial charge < -0.3 is 15.4 Å². The molecule has 0 radical (unpaired) electrons. The Morgan fingerprint density at radius 3 is 3.05 bits per heavy atom. The van der Waals surface area contributed by atoms with Crippen molar-refractivity contribution in [2.24, 2.45) is 5.73 Å². The van der Waals surface area contributed by atoms with Crippen LogP contribution in [0.15, 0.2) is 30.3 Å². The molecule has 1 fully saturated rings. The van der Waals surface area contributed by atoms with Crippen LogP contribution in [-0.2, 0) is 11.3 Å². The molecule has 0 amide bonds. The zero-order valence-electron chi connectivity index (χ0n) is 11.9. The predicted molar refractivity (Wildman–Crippen MR) is 81.9 cm³/mol. The molecule has 2 heterocycles. The fraction of sp³-hybridized carbons (Fsp3) is 0.438. The summed E-state index contributed by atoms with van der Waals surface area (Å²) in [5.41, 5.74) is 6.75. The highest BCUT2D eigenvalue weighted by Gasteiger charge is 2.24. The van der Waals surface area contributed by atoms with Crippen molar-refractivity contribution in [1.82, 2.24) is 4.98 Å². The molecule has 1 saturated heterocycles. The lowest BCUT2D eigenvalue weighted by atomic mass is 10.1. The molecule has 106 valence electrons. The smallest absolute Gasteiger partial charge is 0.137 e. The lowest BCUT2D eigenvalue weighted by Crippen LogP contribution is -2.45. The number of rotatable bonds is 3. The first-order valence-electron chi connectivity index (χ1n) is 7.26. The third kappa shape index (κ3) is 2.37. The van der Waals surface area contributed by atoms with Gasteiger partial charge in [0.15, 0.2) is 0 Å². The average molecular weight is 271 g/mol. The van der Waals surface area contributed by atoms with Crippen molar-refractivity contribution in [2.75, 3.05) is 24.7 Å². The molecule has 1 atom stereocenters. The van der Waals surface area contributed by atoms with E-state index in [1.807, 2.05) is 0 Å². The molecule has 1 aromatic heterocycles. The zero-order chi connectivity index (χ0) is 13.9. The molecule has 2 aromatic rings. The van der Waals surface area contributed by atoms with E-state index >= 15 is 0 Å². The van der Waals surface area contributed by atoms with Crippen molar-refractivity contribution in [3.05, 3.63) is 36.0 Å². The van der Waals surface area contributed by atoms with Gasteiger partial charge in [-0.2, -0.15) is 0 Å². The highest BCUT2D eigenvalue weighted by molar-refractivity contribution is 5.92. The molecule has 1 aliphatic rings. The summed E-state index contributed by atoms with van der Waals surface area (Å²) in [5, 5.41) is 2.41. The summed E-state index contributed by atoms with van der Waals surface area (Å²) in [7, 11) is 0. The number of anilines is 1. The first-order chi connectivity index (χ1) is 9.83. The number of nitrogens with two attached hydrogens (primary N) is 1. The molecular weight excluding hydrogens is 250 g/mol. The van der Waals surface area contributed by atoms with E-state index < -0.39 is 0 Å². The molecule has 1 aromatic carbocycles. The Morgan fingerprint density at radius 1 is 1.40 bits per heavy atom. The number of nitrogens with zero attached hydrogens (tertiary/aromatic N) is 2. The van der Waals surface area contributed by atoms with Crippen molar-refractivity contribution in [3.8, 4) is 0 Å². The number of ether oxygens (including phenoxy) is 1. The topological polar surface area (TPSA) is 51.4 Å². The second-order valence-electron chi connectivity index (χ2n) is 5.19. The third-order valence-corrected chi connectivity index (χ3v) is 3.95. The molecule has 4 heteroatoms. The van der Waals surface area contributed by atoms with Crippen LogP contribution in [0.25, 0.3) is 10.8 Å². The van der Waals surface area contributed by atoms with Crippen molar-refractivity contribution in [3.63, 3.8) is 0 Å². The van der Waals surface area contributed by atoms with Gasteiger partial charge in [-0.25, -0.2) is 4.98 Å². The minimum absolute atomic E-state index is 0.396. The van der Waals surface area contributed by atoms with Gasteiger partial charge in [0.05, 0.1) is 24.9 Å². The average Bonchev–Trinajstić information content (AvgIpc) is 2.53. The van der Waals surface area contributed by atoms with Crippen LogP contribution >= 0.6 is 0 Å². The van der Waals surface area contributed by atoms with Gasteiger partial charge in [-0.1, -0.05) is 31.2 Å². The van der Waals surface area contributed by atoms with Crippen molar-refractivity contribution < 1.29 is 4.74 Å². The molecule has 3 rings (SSSR count). The van der Waals surface area contributed by atoms with E-state index in [0.29, 0.717) is 12.6 Å². The summed E-state index contributed by atoms with van der Waals surface area (Å²) >= 11 is 0. The molecule has 0 bridgehead atoms. The van der Waals surface area contributed by atoms with E-state index in [-0.39, 0.29) is 0 Å². The first-order valence-corrected chi connectivity index (χ1v) is 7.26. The quantitative estimate of drug-likeness (QED) is 0.930. The fourth-order valence-electron chi connectivity index (χ4n) is 2.83. The van der Waals surface area contributed by atoms with Gasteiger partial charge >= 0.3 is 0 Å². The van der Waals surface area contributed by atoms with Gasteiger partial charge in [0.2, 0.25) is 0 Å². The second kappa shape index (κ2) is 5.77. The van der Waals surface area contributed by atoms with E-state index in [4.69, 9.17) is 15.5 Å². The Kier molecular flexibility index (Phi) is 3.85. The Balaban J connectivity index is 2.13. The van der Waals surface area contributed by atoms with Crippen LogP contribution < -0.4 is 10.6 Å². The monoisotopic (exact) mass is 271 g/mol. The summed E-state index contributed by atoms with van der Waals surface area (Å²) in [4.78, 5) is 7.17. The maximum absolute atomic E-state index is 5.80. The van der Waals surface area contributed by atoms with Crippen molar-refractivity contribution in [2.45, 2.75) is 25.9 Å². The number of pyridine rings is 1. The number of fused-ring (bicyclic) bond motifs is 1. The van der Waals surface area contributed by atoms with Gasteiger partial charge in [-0.05, 0) is 17.9 Å². The maximum atomic E-state index is 5.80. The number of aromatic nitrogens is 1. The molecular formula is C16H21N3O. The minimum atomic E-state index is 0.396. The second-order valence-corrected chi connectivity index (χ2v) is 5.19. The van der Waals surface area contributed by atoms with Crippen molar-refractivity contribution >= 4 is 16.6 Å². The van der Waals surface area contributed by atoms with E-state index in [9.17, 15) is 0 Å². The van der Waals surface area contributed by atoms with Crippen LogP contribution in [0.2, 0.25) is 0 Å². The summed E-state index contributed by atoms with van der Waals surface area (Å²) in [6.07, 6.45) is 1.06. The normalized spacial score (nSPS) is 19.5. The molecule has 4 nitrogen and oxygen atoms in total. The molecule has 20 heavy (non-hydrogen) atoms. The Bertz CT molecular complexity index is 599. The van der Waals surface area contributed by atoms with Crippen LogP contribution in [0.5, 0.6) is 0 Å². The number of morpholine rings is 1. The fourth-order valence-corrected chi connectivity index (χ4v) is 2.83. The summed E-state index contributed by atoms with van der Waals surface area (Å²) in [6, 6.07) is 10.9. The Morgan fingerprint density at radius 2 is 2.25 bits per heavy atom. The minimum Gasteiger partial charge on any atom is -0.377 e. The van der Waals surface area contributed by atoms with E-state index in [0.717, 1.165) is 37.7 Å². The number of hydrogen-bond donors (Lipinski definition) is 1. The number of benzene rings is 1. The molecule has 2 N–H and O–H groups in total.